The molecule has 5 rings (SSSR count). The van der Waals surface area contributed by atoms with Crippen molar-refractivity contribution in [1.82, 2.24) is 0 Å². The topological polar surface area (TPSA) is 150 Å². The highest BCUT2D eigenvalue weighted by molar-refractivity contribution is 7.92. The van der Waals surface area contributed by atoms with E-state index >= 15 is 0 Å². The zero-order valence-corrected chi connectivity index (χ0v) is 25.8. The Morgan fingerprint density at radius 1 is 0.978 bits per heavy atom. The summed E-state index contributed by atoms with van der Waals surface area (Å²) in [6, 6.07) is 25.2. The van der Waals surface area contributed by atoms with Gasteiger partial charge in [-0.1, -0.05) is 54.6 Å². The summed E-state index contributed by atoms with van der Waals surface area (Å²) in [5, 5.41) is 11.7. The van der Waals surface area contributed by atoms with Gasteiger partial charge in [-0.15, -0.1) is 0 Å². The van der Waals surface area contributed by atoms with Gasteiger partial charge < -0.3 is 34.7 Å². The number of hydrogen-bond donors (Lipinski definition) is 3. The number of para-hydroxylation sites is 1. The highest BCUT2D eigenvalue weighted by Gasteiger charge is 2.25. The molecule has 1 unspecified atom stereocenters. The van der Waals surface area contributed by atoms with Gasteiger partial charge in [-0.05, 0) is 41.0 Å². The Kier molecular flexibility index (Phi) is 9.77. The van der Waals surface area contributed by atoms with E-state index < -0.39 is 22.0 Å². The summed E-state index contributed by atoms with van der Waals surface area (Å²) >= 11 is 0. The van der Waals surface area contributed by atoms with Crippen LogP contribution in [0.5, 0.6) is 17.2 Å². The molecule has 0 saturated carbocycles. The number of carbonyl (C=O) groups is 1. The van der Waals surface area contributed by atoms with E-state index in [4.69, 9.17) is 24.7 Å². The molecule has 0 bridgehead atoms. The highest BCUT2D eigenvalue weighted by Crippen LogP contribution is 2.41. The van der Waals surface area contributed by atoms with Crippen LogP contribution in [0.3, 0.4) is 0 Å². The molecule has 1 heterocycles. The maximum atomic E-state index is 12.3. The maximum absolute atomic E-state index is 12.3. The van der Waals surface area contributed by atoms with Gasteiger partial charge in [0.05, 0.1) is 43.3 Å². The standard InChI is InChI=1S/C33H35N3O8S/c1-41-20-25-10-6-9-24(16-32(34)38)33(25)36(26-12-14-30-31(17-26)44-21-43-30)18-28(37)23-11-13-29(27(15-23)35-45(2,39)40)42-19-22-7-4-3-5-8-22/h3-15,17,28,35,37H,16,18-21H2,1-2H3,(H2,34,38). The van der Waals surface area contributed by atoms with Crippen molar-refractivity contribution in [2.75, 3.05) is 36.3 Å². The molecule has 0 fully saturated rings. The van der Waals surface area contributed by atoms with Gasteiger partial charge in [0.1, 0.15) is 12.4 Å². The second-order valence-corrected chi connectivity index (χ2v) is 12.3. The summed E-state index contributed by atoms with van der Waals surface area (Å²) in [5.74, 6) is 0.915. The number of aliphatic hydroxyl groups excluding tert-OH is 1. The summed E-state index contributed by atoms with van der Waals surface area (Å²) in [7, 11) is -2.10. The third-order valence-electron chi connectivity index (χ3n) is 7.08. The summed E-state index contributed by atoms with van der Waals surface area (Å²) in [4.78, 5) is 14.0. The number of primary amides is 1. The highest BCUT2D eigenvalue weighted by atomic mass is 32.2. The molecular weight excluding hydrogens is 598 g/mol. The zero-order chi connectivity index (χ0) is 32.0. The van der Waals surface area contributed by atoms with Crippen LogP contribution >= 0.6 is 0 Å². The fraction of sp³-hybridized carbons (Fsp3) is 0.242. The number of methoxy groups -OCH3 is 1. The number of hydrogen-bond acceptors (Lipinski definition) is 9. The largest absolute Gasteiger partial charge is 0.487 e. The molecule has 0 aromatic heterocycles. The van der Waals surface area contributed by atoms with Crippen molar-refractivity contribution >= 4 is 33.0 Å². The predicted octanol–water partition coefficient (Wildman–Crippen LogP) is 4.41. The van der Waals surface area contributed by atoms with E-state index in [1.54, 1.807) is 43.5 Å². The Labute approximate surface area is 262 Å². The quantitative estimate of drug-likeness (QED) is 0.184. The van der Waals surface area contributed by atoms with Gasteiger partial charge in [-0.3, -0.25) is 9.52 Å². The van der Waals surface area contributed by atoms with E-state index in [1.165, 1.54) is 0 Å². The minimum absolute atomic E-state index is 0.00860. The van der Waals surface area contributed by atoms with Crippen molar-refractivity contribution in [2.45, 2.75) is 25.7 Å². The molecule has 4 aromatic rings. The van der Waals surface area contributed by atoms with E-state index in [0.717, 1.165) is 17.4 Å². The summed E-state index contributed by atoms with van der Waals surface area (Å²) in [6.07, 6.45) is -0.124. The smallest absolute Gasteiger partial charge is 0.231 e. The molecule has 4 N–H and O–H groups in total. The first-order valence-electron chi connectivity index (χ1n) is 14.1. The molecule has 236 valence electrons. The lowest BCUT2D eigenvalue weighted by Gasteiger charge is -2.32. The van der Waals surface area contributed by atoms with Crippen LogP contribution in [-0.2, 0) is 39.2 Å². The van der Waals surface area contributed by atoms with Gasteiger partial charge in [0.15, 0.2) is 11.5 Å². The number of nitrogens with one attached hydrogen (secondary N) is 1. The fourth-order valence-electron chi connectivity index (χ4n) is 5.15. The van der Waals surface area contributed by atoms with Gasteiger partial charge in [-0.25, -0.2) is 8.42 Å². The average Bonchev–Trinajstić information content (AvgIpc) is 3.47. The summed E-state index contributed by atoms with van der Waals surface area (Å²) < 4.78 is 49.6. The van der Waals surface area contributed by atoms with Crippen LogP contribution in [0.15, 0.2) is 84.9 Å². The molecule has 12 heteroatoms. The van der Waals surface area contributed by atoms with Gasteiger partial charge in [0, 0.05) is 24.4 Å². The van der Waals surface area contributed by atoms with Gasteiger partial charge >= 0.3 is 0 Å². The van der Waals surface area contributed by atoms with Crippen molar-refractivity contribution in [3.8, 4) is 17.2 Å². The lowest BCUT2D eigenvalue weighted by molar-refractivity contribution is -0.117. The third-order valence-corrected chi connectivity index (χ3v) is 7.67. The minimum atomic E-state index is -3.67. The lowest BCUT2D eigenvalue weighted by atomic mass is 10.0. The molecule has 1 aliphatic heterocycles. The Morgan fingerprint density at radius 2 is 1.73 bits per heavy atom. The van der Waals surface area contributed by atoms with E-state index in [0.29, 0.717) is 39.8 Å². The molecule has 4 aromatic carbocycles. The van der Waals surface area contributed by atoms with Crippen molar-refractivity contribution in [3.63, 3.8) is 0 Å². The molecule has 0 saturated heterocycles. The monoisotopic (exact) mass is 633 g/mol. The number of benzene rings is 4. The molecule has 0 aliphatic carbocycles. The second kappa shape index (κ2) is 13.9. The van der Waals surface area contributed by atoms with E-state index in [-0.39, 0.29) is 38.7 Å². The number of anilines is 3. The van der Waals surface area contributed by atoms with Crippen LogP contribution < -0.4 is 29.6 Å². The van der Waals surface area contributed by atoms with Crippen LogP contribution in [-0.4, -0.2) is 46.1 Å². The first-order chi connectivity index (χ1) is 21.6. The summed E-state index contributed by atoms with van der Waals surface area (Å²) in [6.45, 7) is 0.547. The van der Waals surface area contributed by atoms with E-state index in [2.05, 4.69) is 4.72 Å². The van der Waals surface area contributed by atoms with Crippen LogP contribution in [0.25, 0.3) is 0 Å². The van der Waals surface area contributed by atoms with Gasteiger partial charge in [0.2, 0.25) is 22.7 Å². The molecule has 0 radical (unpaired) electrons. The molecule has 45 heavy (non-hydrogen) atoms. The third kappa shape index (κ3) is 8.04. The Morgan fingerprint density at radius 3 is 2.47 bits per heavy atom. The Hall–Kier alpha value is -4.78. The maximum Gasteiger partial charge on any atom is 0.231 e. The van der Waals surface area contributed by atoms with Crippen LogP contribution in [0.1, 0.15) is 28.4 Å². The zero-order valence-electron chi connectivity index (χ0n) is 24.9. The lowest BCUT2D eigenvalue weighted by Crippen LogP contribution is -2.27. The molecule has 1 atom stereocenters. The van der Waals surface area contributed by atoms with E-state index in [1.807, 2.05) is 53.4 Å². The Bertz CT molecular complexity index is 1770. The number of nitrogens with two attached hydrogens (primary N) is 1. The van der Waals surface area contributed by atoms with Crippen molar-refractivity contribution in [3.05, 3.63) is 107 Å². The first-order valence-corrected chi connectivity index (χ1v) is 16.0. The van der Waals surface area contributed by atoms with Gasteiger partial charge in [0.25, 0.3) is 0 Å². The number of sulfonamides is 1. The summed E-state index contributed by atoms with van der Waals surface area (Å²) in [5.41, 5.74) is 9.87. The normalized spacial score (nSPS) is 12.9. The molecule has 0 spiro atoms. The predicted molar refractivity (Wildman–Crippen MR) is 170 cm³/mol. The van der Waals surface area contributed by atoms with Crippen molar-refractivity contribution in [1.29, 1.82) is 0 Å². The number of fused-ring (bicyclic) bond motifs is 1. The van der Waals surface area contributed by atoms with Crippen molar-refractivity contribution < 1.29 is 37.3 Å². The van der Waals surface area contributed by atoms with Crippen LogP contribution in [0.4, 0.5) is 17.1 Å². The molecular formula is C33H35N3O8S. The van der Waals surface area contributed by atoms with E-state index in [9.17, 15) is 18.3 Å². The van der Waals surface area contributed by atoms with Gasteiger partial charge in [-0.2, -0.15) is 0 Å². The number of carbonyl (C=O) groups excluding carboxylic acids is 1. The SMILES string of the molecule is COCc1cccc(CC(N)=O)c1N(CC(O)c1ccc(OCc2ccccc2)c(NS(C)(=O)=O)c1)c1ccc2c(c1)OCO2. The van der Waals surface area contributed by atoms with Crippen LogP contribution in [0.2, 0.25) is 0 Å². The first kappa shape index (κ1) is 31.6. The molecule has 11 nitrogen and oxygen atoms in total. The number of ether oxygens (including phenoxy) is 4. The van der Waals surface area contributed by atoms with Crippen LogP contribution in [0, 0.1) is 0 Å². The number of aliphatic hydroxyl groups is 1. The second-order valence-electron chi connectivity index (χ2n) is 10.6. The van der Waals surface area contributed by atoms with Crippen molar-refractivity contribution in [2.24, 2.45) is 5.73 Å². The Balaban J connectivity index is 1.53. The fourth-order valence-corrected chi connectivity index (χ4v) is 5.71. The average molecular weight is 634 g/mol. The number of rotatable bonds is 14. The minimum Gasteiger partial charge on any atom is -0.487 e. The number of amides is 1. The molecule has 1 aliphatic rings. The molecule has 1 amide bonds. The number of nitrogens with zero attached hydrogens (tertiary/aromatic N) is 1.